The fourth-order valence-electron chi connectivity index (χ4n) is 2.50. The van der Waals surface area contributed by atoms with Crippen molar-refractivity contribution in [3.05, 3.63) is 55.4 Å². The maximum absolute atomic E-state index is 12.2. The molecule has 0 aliphatic carbocycles. The van der Waals surface area contributed by atoms with Gasteiger partial charge in [0.1, 0.15) is 10.6 Å². The van der Waals surface area contributed by atoms with Gasteiger partial charge in [-0.15, -0.1) is 11.3 Å². The van der Waals surface area contributed by atoms with Gasteiger partial charge >= 0.3 is 11.9 Å². The van der Waals surface area contributed by atoms with Crippen molar-refractivity contribution in [3.8, 4) is 0 Å². The van der Waals surface area contributed by atoms with Crippen molar-refractivity contribution in [2.45, 2.75) is 20.8 Å². The van der Waals surface area contributed by atoms with Crippen LogP contribution in [-0.4, -0.2) is 36.5 Å². The summed E-state index contributed by atoms with van der Waals surface area (Å²) in [6.45, 7) is 4.35. The number of amides is 1. The molecule has 9 nitrogen and oxygen atoms in total. The van der Waals surface area contributed by atoms with Crippen molar-refractivity contribution < 1.29 is 28.8 Å². The third-order valence-electron chi connectivity index (χ3n) is 4.00. The number of rotatable bonds is 6. The van der Waals surface area contributed by atoms with E-state index in [1.165, 1.54) is 43.6 Å². The number of nitro benzene ring substituents is 1. The first kappa shape index (κ1) is 21.0. The molecular weight excluding hydrogens is 388 g/mol. The number of benzene rings is 1. The van der Waals surface area contributed by atoms with Gasteiger partial charge in [0.05, 0.1) is 17.6 Å². The van der Waals surface area contributed by atoms with Gasteiger partial charge in [-0.2, -0.15) is 0 Å². The molecule has 0 fully saturated rings. The van der Waals surface area contributed by atoms with Gasteiger partial charge in [-0.25, -0.2) is 9.59 Å². The summed E-state index contributed by atoms with van der Waals surface area (Å²) >= 11 is 1.19. The van der Waals surface area contributed by atoms with E-state index >= 15 is 0 Å². The molecule has 1 amide bonds. The Labute approximate surface area is 164 Å². The molecule has 0 saturated carbocycles. The smallest absolute Gasteiger partial charge is 0.345 e. The van der Waals surface area contributed by atoms with Crippen LogP contribution in [0.5, 0.6) is 0 Å². The van der Waals surface area contributed by atoms with E-state index in [1.54, 1.807) is 13.8 Å². The molecule has 0 radical (unpaired) electrons. The highest BCUT2D eigenvalue weighted by Gasteiger charge is 2.25. The molecule has 1 N–H and O–H groups in total. The molecular formula is C18H18N2O7S. The Morgan fingerprint density at radius 1 is 1.18 bits per heavy atom. The molecule has 2 aromatic rings. The number of carbonyl (C=O) groups is 3. The summed E-state index contributed by atoms with van der Waals surface area (Å²) in [5, 5.41) is 14.0. The number of esters is 2. The molecule has 1 aromatic heterocycles. The van der Waals surface area contributed by atoms with E-state index < -0.39 is 29.4 Å². The number of hydrogen-bond donors (Lipinski definition) is 1. The van der Waals surface area contributed by atoms with Crippen molar-refractivity contribution in [1.82, 2.24) is 0 Å². The number of anilines is 1. The summed E-state index contributed by atoms with van der Waals surface area (Å²) in [6, 6.07) is 4.24. The Hall–Kier alpha value is -3.27. The highest BCUT2D eigenvalue weighted by molar-refractivity contribution is 7.16. The summed E-state index contributed by atoms with van der Waals surface area (Å²) in [5.74, 6) is -2.27. The maximum Gasteiger partial charge on any atom is 0.345 e. The standard InChI is InChI=1S/C18H18N2O7S/c1-9-6-5-7-12(15(9)20(24)25)17(22)27-8-13(21)19-16-14(18(23)26-4)10(2)11(3)28-16/h5-7H,8H2,1-4H3,(H,19,21). The van der Waals surface area contributed by atoms with Crippen molar-refractivity contribution in [1.29, 1.82) is 0 Å². The zero-order valence-electron chi connectivity index (χ0n) is 15.7. The predicted octanol–water partition coefficient (Wildman–Crippen LogP) is 3.16. The predicted molar refractivity (Wildman–Crippen MR) is 102 cm³/mol. The third kappa shape index (κ3) is 4.34. The minimum absolute atomic E-state index is 0.235. The number of methoxy groups -OCH3 is 1. The minimum Gasteiger partial charge on any atom is -0.465 e. The largest absolute Gasteiger partial charge is 0.465 e. The zero-order chi connectivity index (χ0) is 21.0. The lowest BCUT2D eigenvalue weighted by atomic mass is 10.1. The zero-order valence-corrected chi connectivity index (χ0v) is 16.5. The minimum atomic E-state index is -0.989. The van der Waals surface area contributed by atoms with E-state index in [1.807, 2.05) is 0 Å². The topological polar surface area (TPSA) is 125 Å². The SMILES string of the molecule is COC(=O)c1c(NC(=O)COC(=O)c2cccc(C)c2[N+](=O)[O-])sc(C)c1C. The summed E-state index contributed by atoms with van der Waals surface area (Å²) in [7, 11) is 1.23. The molecule has 0 aliphatic heterocycles. The van der Waals surface area contributed by atoms with Crippen molar-refractivity contribution in [3.63, 3.8) is 0 Å². The van der Waals surface area contributed by atoms with Crippen molar-refractivity contribution in [2.24, 2.45) is 0 Å². The van der Waals surface area contributed by atoms with Crippen LogP contribution in [0.2, 0.25) is 0 Å². The molecule has 0 saturated heterocycles. The second-order valence-electron chi connectivity index (χ2n) is 5.83. The van der Waals surface area contributed by atoms with Crippen LogP contribution in [0.15, 0.2) is 18.2 Å². The Kier molecular flexibility index (Phi) is 6.47. The average molecular weight is 406 g/mol. The quantitative estimate of drug-likeness (QED) is 0.444. The Morgan fingerprint density at radius 3 is 2.46 bits per heavy atom. The summed E-state index contributed by atoms with van der Waals surface area (Å²) < 4.78 is 9.63. The highest BCUT2D eigenvalue weighted by Crippen LogP contribution is 2.33. The Balaban J connectivity index is 2.11. The first-order valence-electron chi connectivity index (χ1n) is 8.06. The maximum atomic E-state index is 12.2. The fraction of sp³-hybridized carbons (Fsp3) is 0.278. The lowest BCUT2D eigenvalue weighted by Crippen LogP contribution is -2.22. The number of thiophene rings is 1. The van der Waals surface area contributed by atoms with Crippen LogP contribution in [0.3, 0.4) is 0 Å². The number of para-hydroxylation sites is 1. The molecule has 10 heteroatoms. The van der Waals surface area contributed by atoms with E-state index in [9.17, 15) is 24.5 Å². The van der Waals surface area contributed by atoms with Gasteiger partial charge in [-0.1, -0.05) is 12.1 Å². The molecule has 1 aromatic carbocycles. The van der Waals surface area contributed by atoms with Crippen LogP contribution in [0, 0.1) is 30.9 Å². The number of nitrogens with one attached hydrogen (secondary N) is 1. The van der Waals surface area contributed by atoms with Gasteiger partial charge in [-0.3, -0.25) is 14.9 Å². The van der Waals surface area contributed by atoms with E-state index in [4.69, 9.17) is 9.47 Å². The van der Waals surface area contributed by atoms with Crippen molar-refractivity contribution in [2.75, 3.05) is 19.0 Å². The molecule has 0 aliphatic rings. The Bertz CT molecular complexity index is 965. The lowest BCUT2D eigenvalue weighted by Gasteiger charge is -2.08. The van der Waals surface area contributed by atoms with E-state index in [2.05, 4.69) is 5.32 Å². The van der Waals surface area contributed by atoms with Crippen LogP contribution in [-0.2, 0) is 14.3 Å². The second kappa shape index (κ2) is 8.61. The van der Waals surface area contributed by atoms with Gasteiger partial charge < -0.3 is 14.8 Å². The first-order valence-corrected chi connectivity index (χ1v) is 8.88. The molecule has 0 spiro atoms. The Morgan fingerprint density at radius 2 is 1.86 bits per heavy atom. The second-order valence-corrected chi connectivity index (χ2v) is 7.06. The number of nitro groups is 1. The van der Waals surface area contributed by atoms with Crippen molar-refractivity contribution >= 4 is 39.9 Å². The van der Waals surface area contributed by atoms with E-state index in [0.29, 0.717) is 11.1 Å². The van der Waals surface area contributed by atoms with Crippen LogP contribution < -0.4 is 5.32 Å². The van der Waals surface area contributed by atoms with Crippen LogP contribution >= 0.6 is 11.3 Å². The van der Waals surface area contributed by atoms with E-state index in [-0.39, 0.29) is 21.8 Å². The van der Waals surface area contributed by atoms with Gasteiger partial charge in [0.25, 0.3) is 11.6 Å². The lowest BCUT2D eigenvalue weighted by molar-refractivity contribution is -0.385. The number of ether oxygens (including phenoxy) is 2. The van der Waals surface area contributed by atoms with Gasteiger partial charge in [0, 0.05) is 10.4 Å². The average Bonchev–Trinajstić information content (AvgIpc) is 2.92. The van der Waals surface area contributed by atoms with Gasteiger partial charge in [0.2, 0.25) is 0 Å². The summed E-state index contributed by atoms with van der Waals surface area (Å²) in [5.41, 5.74) is 0.607. The molecule has 28 heavy (non-hydrogen) atoms. The van der Waals surface area contributed by atoms with Gasteiger partial charge in [0.15, 0.2) is 6.61 Å². The summed E-state index contributed by atoms with van der Waals surface area (Å²) in [6.07, 6.45) is 0. The molecule has 1 heterocycles. The molecule has 0 atom stereocenters. The molecule has 0 bridgehead atoms. The summed E-state index contributed by atoms with van der Waals surface area (Å²) in [4.78, 5) is 47.6. The highest BCUT2D eigenvalue weighted by atomic mass is 32.1. The van der Waals surface area contributed by atoms with Crippen LogP contribution in [0.25, 0.3) is 0 Å². The monoisotopic (exact) mass is 406 g/mol. The van der Waals surface area contributed by atoms with Crippen LogP contribution in [0.4, 0.5) is 10.7 Å². The molecule has 148 valence electrons. The first-order chi connectivity index (χ1) is 13.2. The number of aryl methyl sites for hydroxylation is 2. The number of nitrogens with zero attached hydrogens (tertiary/aromatic N) is 1. The number of hydrogen-bond acceptors (Lipinski definition) is 8. The molecule has 0 unspecified atom stereocenters. The molecule has 2 rings (SSSR count). The fourth-order valence-corrected chi connectivity index (χ4v) is 3.57. The van der Waals surface area contributed by atoms with Crippen LogP contribution in [0.1, 0.15) is 36.7 Å². The van der Waals surface area contributed by atoms with E-state index in [0.717, 1.165) is 4.88 Å². The normalized spacial score (nSPS) is 10.3. The number of carbonyl (C=O) groups excluding carboxylic acids is 3. The van der Waals surface area contributed by atoms with Gasteiger partial charge in [-0.05, 0) is 32.4 Å². The third-order valence-corrected chi connectivity index (χ3v) is 5.13.